The maximum atomic E-state index is 14.9. The molecular formula is C35H33FN6O. The number of hydrogen-bond acceptors (Lipinski definition) is 7. The van der Waals surface area contributed by atoms with Crippen molar-refractivity contribution in [3.63, 3.8) is 0 Å². The van der Waals surface area contributed by atoms with Gasteiger partial charge in [-0.15, -0.1) is 0 Å². The lowest BCUT2D eigenvalue weighted by molar-refractivity contribution is 0.616. The van der Waals surface area contributed by atoms with Gasteiger partial charge in [-0.2, -0.15) is 0 Å². The van der Waals surface area contributed by atoms with E-state index in [1.807, 2.05) is 37.3 Å². The average molecular weight is 573 g/mol. The van der Waals surface area contributed by atoms with E-state index in [1.54, 1.807) is 18.5 Å². The van der Waals surface area contributed by atoms with Crippen molar-refractivity contribution in [3.05, 3.63) is 108 Å². The van der Waals surface area contributed by atoms with Gasteiger partial charge in [0.2, 0.25) is 5.95 Å². The van der Waals surface area contributed by atoms with Gasteiger partial charge in [-0.25, -0.2) is 24.3 Å². The van der Waals surface area contributed by atoms with Crippen molar-refractivity contribution < 1.29 is 8.81 Å². The van der Waals surface area contributed by atoms with Gasteiger partial charge in [0.25, 0.3) is 0 Å². The van der Waals surface area contributed by atoms with Crippen LogP contribution in [0.2, 0.25) is 0 Å². The van der Waals surface area contributed by atoms with E-state index in [9.17, 15) is 4.39 Å². The van der Waals surface area contributed by atoms with Gasteiger partial charge in [0, 0.05) is 53.5 Å². The first kappa shape index (κ1) is 28.0. The molecule has 0 amide bonds. The molecule has 6 rings (SSSR count). The van der Waals surface area contributed by atoms with Crippen LogP contribution >= 0.6 is 0 Å². The van der Waals surface area contributed by atoms with Crippen LogP contribution in [0.25, 0.3) is 44.7 Å². The number of fused-ring (bicyclic) bond motifs is 1. The predicted molar refractivity (Wildman–Crippen MR) is 170 cm³/mol. The van der Waals surface area contributed by atoms with Crippen molar-refractivity contribution in [2.75, 3.05) is 17.2 Å². The van der Waals surface area contributed by atoms with Crippen molar-refractivity contribution in [1.29, 1.82) is 0 Å². The zero-order valence-electron chi connectivity index (χ0n) is 24.7. The fraction of sp³-hybridized carbons (Fsp3) is 0.200. The van der Waals surface area contributed by atoms with Crippen LogP contribution in [0.3, 0.4) is 0 Å². The van der Waals surface area contributed by atoms with Crippen molar-refractivity contribution >= 4 is 22.7 Å². The Morgan fingerprint density at radius 3 is 2.42 bits per heavy atom. The maximum Gasteiger partial charge on any atom is 0.219 e. The second-order valence-electron chi connectivity index (χ2n) is 10.7. The van der Waals surface area contributed by atoms with Gasteiger partial charge in [-0.3, -0.25) is 0 Å². The van der Waals surface area contributed by atoms with Crippen molar-refractivity contribution in [3.8, 4) is 33.7 Å². The normalized spacial score (nSPS) is 12.0. The van der Waals surface area contributed by atoms with Gasteiger partial charge >= 0.3 is 0 Å². The van der Waals surface area contributed by atoms with Crippen LogP contribution in [-0.2, 0) is 6.42 Å². The molecule has 2 N–H and O–H groups in total. The van der Waals surface area contributed by atoms with E-state index in [1.165, 1.54) is 11.6 Å². The Morgan fingerprint density at radius 2 is 1.67 bits per heavy atom. The molecule has 3 aromatic heterocycles. The van der Waals surface area contributed by atoms with Crippen molar-refractivity contribution in [2.24, 2.45) is 0 Å². The number of halogens is 1. The number of benzene rings is 3. The van der Waals surface area contributed by atoms with Crippen LogP contribution in [-0.4, -0.2) is 26.5 Å². The van der Waals surface area contributed by atoms with E-state index in [0.29, 0.717) is 24.1 Å². The highest BCUT2D eigenvalue weighted by Crippen LogP contribution is 2.34. The molecule has 0 aliphatic carbocycles. The lowest BCUT2D eigenvalue weighted by Crippen LogP contribution is -2.28. The molecule has 3 aromatic carbocycles. The minimum atomic E-state index is -0.330. The second kappa shape index (κ2) is 11.6. The predicted octanol–water partition coefficient (Wildman–Crippen LogP) is 8.19. The zero-order chi connectivity index (χ0) is 30.1. The number of nitrogens with zero attached hydrogens (tertiary/aromatic N) is 5. The summed E-state index contributed by atoms with van der Waals surface area (Å²) < 4.78 is 21.0. The number of nitrogen functional groups attached to an aromatic ring is 1. The molecule has 0 fully saturated rings. The number of hydrogen-bond donors (Lipinski definition) is 1. The Bertz CT molecular complexity index is 1920. The minimum Gasteiger partial charge on any atom is -0.456 e. The number of rotatable bonds is 8. The molecule has 0 bridgehead atoms. The fourth-order valence-corrected chi connectivity index (χ4v) is 5.40. The molecule has 6 aromatic rings. The largest absolute Gasteiger partial charge is 0.456 e. The first-order chi connectivity index (χ1) is 20.8. The number of nitrogens with two attached hydrogens (primary N) is 1. The van der Waals surface area contributed by atoms with Crippen molar-refractivity contribution in [2.45, 2.75) is 40.2 Å². The van der Waals surface area contributed by atoms with Crippen LogP contribution in [0.5, 0.6) is 0 Å². The number of aromatic nitrogens is 4. The molecule has 7 nitrogen and oxygen atoms in total. The number of anilines is 2. The second-order valence-corrected chi connectivity index (χ2v) is 10.7. The third-order valence-corrected chi connectivity index (χ3v) is 7.70. The SMILES string of the molecule is CCc1nc(-c2ccc3oc(-c4cccc(C)c4)cc3c2)cc(N(CC)C(C)c2cc(F)cc(-c3cnc(N)nc3)c2)n1. The lowest BCUT2D eigenvalue weighted by atomic mass is 10.0. The number of furan rings is 1. The van der Waals surface area contributed by atoms with E-state index in [0.717, 1.165) is 50.8 Å². The highest BCUT2D eigenvalue weighted by atomic mass is 19.1. The molecule has 0 radical (unpaired) electrons. The average Bonchev–Trinajstić information content (AvgIpc) is 3.45. The molecule has 0 aliphatic rings. The lowest BCUT2D eigenvalue weighted by Gasteiger charge is -2.30. The molecule has 216 valence electrons. The molecule has 1 atom stereocenters. The van der Waals surface area contributed by atoms with Gasteiger partial charge in [-0.1, -0.05) is 30.7 Å². The molecule has 8 heteroatoms. The molecular weight excluding hydrogens is 539 g/mol. The van der Waals surface area contributed by atoms with Crippen LogP contribution in [0, 0.1) is 12.7 Å². The summed E-state index contributed by atoms with van der Waals surface area (Å²) in [5, 5.41) is 1.01. The summed E-state index contributed by atoms with van der Waals surface area (Å²) in [4.78, 5) is 20.1. The monoisotopic (exact) mass is 572 g/mol. The molecule has 1 unspecified atom stereocenters. The Morgan fingerprint density at radius 1 is 0.860 bits per heavy atom. The quantitative estimate of drug-likeness (QED) is 0.196. The van der Waals surface area contributed by atoms with Crippen LogP contribution in [0.1, 0.15) is 43.8 Å². The van der Waals surface area contributed by atoms with E-state index >= 15 is 0 Å². The Labute approximate surface area is 250 Å². The standard InChI is InChI=1S/C35H33FN6O/c1-5-33-40-30(23-10-11-31-27(13-23)17-32(43-31)24-9-7-8-21(3)12-24)18-34(41-33)42(6-2)22(4)25-14-26(16-29(36)15-25)28-19-38-35(37)39-20-28/h7-20,22H,5-6H2,1-4H3,(H2,37,38,39). The van der Waals surface area contributed by atoms with Crippen molar-refractivity contribution in [1.82, 2.24) is 19.9 Å². The third-order valence-electron chi connectivity index (χ3n) is 7.70. The summed E-state index contributed by atoms with van der Waals surface area (Å²) >= 11 is 0. The van der Waals surface area contributed by atoms with E-state index in [-0.39, 0.29) is 17.8 Å². The maximum absolute atomic E-state index is 14.9. The zero-order valence-corrected chi connectivity index (χ0v) is 24.7. The minimum absolute atomic E-state index is 0.171. The van der Waals surface area contributed by atoms with Gasteiger partial charge in [0.15, 0.2) is 0 Å². The van der Waals surface area contributed by atoms with E-state index in [2.05, 4.69) is 66.0 Å². The molecule has 0 saturated heterocycles. The highest BCUT2D eigenvalue weighted by molar-refractivity contribution is 5.87. The fourth-order valence-electron chi connectivity index (χ4n) is 5.40. The summed E-state index contributed by atoms with van der Waals surface area (Å²) in [6.07, 6.45) is 3.89. The van der Waals surface area contributed by atoms with Crippen LogP contribution in [0.15, 0.2) is 89.6 Å². The molecule has 0 spiro atoms. The molecule has 0 aliphatic heterocycles. The smallest absolute Gasteiger partial charge is 0.219 e. The van der Waals surface area contributed by atoms with Gasteiger partial charge < -0.3 is 15.1 Å². The van der Waals surface area contributed by atoms with Gasteiger partial charge in [0.05, 0.1) is 11.7 Å². The Balaban J connectivity index is 1.36. The van der Waals surface area contributed by atoms with Gasteiger partial charge in [0.1, 0.15) is 28.8 Å². The molecule has 0 saturated carbocycles. The first-order valence-corrected chi connectivity index (χ1v) is 14.4. The first-order valence-electron chi connectivity index (χ1n) is 14.4. The molecule has 3 heterocycles. The topological polar surface area (TPSA) is 94.0 Å². The third kappa shape index (κ3) is 5.81. The summed E-state index contributed by atoms with van der Waals surface area (Å²) in [7, 11) is 0. The Hall–Kier alpha value is -5.11. The Kier molecular flexibility index (Phi) is 7.59. The number of aryl methyl sites for hydroxylation is 2. The summed E-state index contributed by atoms with van der Waals surface area (Å²) in [6, 6.07) is 23.3. The van der Waals surface area contributed by atoms with Crippen LogP contribution < -0.4 is 10.6 Å². The molecule has 43 heavy (non-hydrogen) atoms. The van der Waals surface area contributed by atoms with E-state index in [4.69, 9.17) is 20.1 Å². The highest BCUT2D eigenvalue weighted by Gasteiger charge is 2.20. The summed E-state index contributed by atoms with van der Waals surface area (Å²) in [5.41, 5.74) is 12.7. The van der Waals surface area contributed by atoms with E-state index < -0.39 is 0 Å². The summed E-state index contributed by atoms with van der Waals surface area (Å²) in [5.74, 6) is 2.20. The van der Waals surface area contributed by atoms with Gasteiger partial charge in [-0.05, 0) is 80.4 Å². The summed E-state index contributed by atoms with van der Waals surface area (Å²) in [6.45, 7) is 8.91. The van der Waals surface area contributed by atoms with Crippen LogP contribution in [0.4, 0.5) is 16.2 Å².